The number of benzene rings is 1. The summed E-state index contributed by atoms with van der Waals surface area (Å²) in [5.41, 5.74) is 1.58. The fraction of sp³-hybridized carbons (Fsp3) is 0.550. The Labute approximate surface area is 171 Å². The van der Waals surface area contributed by atoms with E-state index in [9.17, 15) is 18.0 Å². The monoisotopic (exact) mass is 426 g/mol. The molecule has 1 unspecified atom stereocenters. The number of carboxylic acid groups (broad SMARTS) is 1. The number of carboxylic acids is 1. The molecule has 4 rings (SSSR count). The Morgan fingerprint density at radius 2 is 1.77 bits per heavy atom. The van der Waals surface area contributed by atoms with Crippen molar-refractivity contribution in [2.24, 2.45) is 0 Å². The van der Waals surface area contributed by atoms with Crippen molar-refractivity contribution in [3.63, 3.8) is 0 Å². The number of hydrogen-bond acceptors (Lipinski definition) is 4. The van der Waals surface area contributed by atoms with Crippen molar-refractivity contribution in [3.8, 4) is 0 Å². The molecule has 2 bridgehead atoms. The number of aromatic nitrogens is 2. The maximum atomic E-state index is 12.8. The molecule has 3 N–H and O–H groups in total. The number of halogens is 3. The van der Waals surface area contributed by atoms with E-state index in [-0.39, 0.29) is 18.0 Å². The zero-order valence-electron chi connectivity index (χ0n) is 16.7. The average molecular weight is 426 g/mol. The third kappa shape index (κ3) is 4.92. The summed E-state index contributed by atoms with van der Waals surface area (Å²) in [6.07, 6.45) is -0.542. The van der Waals surface area contributed by atoms with Gasteiger partial charge in [0.05, 0.1) is 5.52 Å². The number of fused-ring (bicyclic) bond motifs is 3. The van der Waals surface area contributed by atoms with Crippen molar-refractivity contribution in [3.05, 3.63) is 30.0 Å². The van der Waals surface area contributed by atoms with Gasteiger partial charge in [-0.05, 0) is 45.6 Å². The molecule has 0 saturated carbocycles. The van der Waals surface area contributed by atoms with Crippen LogP contribution in [0.2, 0.25) is 0 Å². The number of rotatable bonds is 3. The fourth-order valence-electron chi connectivity index (χ4n) is 4.08. The maximum absolute atomic E-state index is 12.8. The third-order valence-corrected chi connectivity index (χ3v) is 5.37. The minimum absolute atomic E-state index is 0.0353. The van der Waals surface area contributed by atoms with Gasteiger partial charge in [-0.2, -0.15) is 18.3 Å². The molecule has 7 nitrogen and oxygen atoms in total. The molecule has 2 aromatic rings. The van der Waals surface area contributed by atoms with Crippen LogP contribution in [-0.2, 0) is 4.79 Å². The van der Waals surface area contributed by atoms with E-state index in [4.69, 9.17) is 9.90 Å². The van der Waals surface area contributed by atoms with E-state index in [2.05, 4.69) is 29.6 Å². The Morgan fingerprint density at radius 1 is 1.20 bits per heavy atom. The second-order valence-corrected chi connectivity index (χ2v) is 7.99. The number of aliphatic carboxylic acids is 1. The van der Waals surface area contributed by atoms with Crippen LogP contribution in [0.1, 0.15) is 56.1 Å². The highest BCUT2D eigenvalue weighted by atomic mass is 19.4. The molecule has 2 saturated heterocycles. The first-order valence-electron chi connectivity index (χ1n) is 9.90. The van der Waals surface area contributed by atoms with Crippen LogP contribution < -0.4 is 10.6 Å². The van der Waals surface area contributed by atoms with Gasteiger partial charge in [-0.3, -0.25) is 9.48 Å². The molecule has 0 aliphatic carbocycles. The Morgan fingerprint density at radius 3 is 2.30 bits per heavy atom. The summed E-state index contributed by atoms with van der Waals surface area (Å²) in [5.74, 6) is -2.79. The van der Waals surface area contributed by atoms with Gasteiger partial charge in [-0.25, -0.2) is 4.79 Å². The highest BCUT2D eigenvalue weighted by Gasteiger charge is 2.38. The quantitative estimate of drug-likeness (QED) is 0.700. The van der Waals surface area contributed by atoms with E-state index < -0.39 is 12.1 Å². The topological polar surface area (TPSA) is 96.3 Å². The second-order valence-electron chi connectivity index (χ2n) is 7.99. The molecule has 0 spiro atoms. The molecule has 0 radical (unpaired) electrons. The molecule has 1 aromatic heterocycles. The Bertz CT molecular complexity index is 914. The Hall–Kier alpha value is -2.62. The lowest BCUT2D eigenvalue weighted by molar-refractivity contribution is -0.192. The van der Waals surface area contributed by atoms with Crippen molar-refractivity contribution < 1.29 is 27.9 Å². The summed E-state index contributed by atoms with van der Waals surface area (Å²) in [5, 5.41) is 19.5. The zero-order chi connectivity index (χ0) is 22.1. The lowest BCUT2D eigenvalue weighted by Crippen LogP contribution is -2.48. The van der Waals surface area contributed by atoms with Crippen LogP contribution >= 0.6 is 0 Å². The van der Waals surface area contributed by atoms with Crippen LogP contribution in [-0.4, -0.2) is 51.1 Å². The highest BCUT2D eigenvalue weighted by molar-refractivity contribution is 6.05. The smallest absolute Gasteiger partial charge is 0.475 e. The van der Waals surface area contributed by atoms with Crippen molar-refractivity contribution in [2.45, 2.75) is 69.9 Å². The molecule has 1 aromatic carbocycles. The van der Waals surface area contributed by atoms with Gasteiger partial charge >= 0.3 is 12.1 Å². The molecule has 10 heteroatoms. The minimum atomic E-state index is -5.08. The molecule has 2 aliphatic heterocycles. The lowest BCUT2D eigenvalue weighted by Gasteiger charge is -2.29. The summed E-state index contributed by atoms with van der Waals surface area (Å²) in [6, 6.07) is 9.63. The number of nitrogens with zero attached hydrogens (tertiary/aromatic N) is 2. The summed E-state index contributed by atoms with van der Waals surface area (Å²) < 4.78 is 33.7. The third-order valence-electron chi connectivity index (χ3n) is 5.37. The summed E-state index contributed by atoms with van der Waals surface area (Å²) in [7, 11) is 0. The van der Waals surface area contributed by atoms with Gasteiger partial charge in [-0.15, -0.1) is 0 Å². The molecule has 1 amide bonds. The van der Waals surface area contributed by atoms with Gasteiger partial charge < -0.3 is 15.7 Å². The number of nitrogens with one attached hydrogen (secondary N) is 2. The highest BCUT2D eigenvalue weighted by Crippen LogP contribution is 2.27. The summed E-state index contributed by atoms with van der Waals surface area (Å²) in [6.45, 7) is 4.18. The van der Waals surface area contributed by atoms with Gasteiger partial charge in [-0.1, -0.05) is 18.2 Å². The van der Waals surface area contributed by atoms with Gasteiger partial charge in [0.15, 0.2) is 5.69 Å². The van der Waals surface area contributed by atoms with E-state index in [1.165, 1.54) is 12.8 Å². The first-order chi connectivity index (χ1) is 14.1. The summed E-state index contributed by atoms with van der Waals surface area (Å²) >= 11 is 0. The van der Waals surface area contributed by atoms with Crippen LogP contribution in [0.15, 0.2) is 24.3 Å². The van der Waals surface area contributed by atoms with E-state index in [0.29, 0.717) is 17.8 Å². The molecule has 30 heavy (non-hydrogen) atoms. The van der Waals surface area contributed by atoms with Crippen LogP contribution in [0.5, 0.6) is 0 Å². The summed E-state index contributed by atoms with van der Waals surface area (Å²) in [4.78, 5) is 21.7. The number of para-hydroxylation sites is 1. The Kier molecular flexibility index (Phi) is 6.35. The van der Waals surface area contributed by atoms with E-state index in [1.807, 2.05) is 28.9 Å². The normalized spacial score (nSPS) is 23.2. The number of alkyl halides is 3. The second kappa shape index (κ2) is 8.63. The molecular weight excluding hydrogens is 401 g/mol. The maximum Gasteiger partial charge on any atom is 0.490 e. The van der Waals surface area contributed by atoms with Gasteiger partial charge in [0.2, 0.25) is 0 Å². The minimum Gasteiger partial charge on any atom is -0.475 e. The van der Waals surface area contributed by atoms with E-state index in [1.54, 1.807) is 0 Å². The number of piperidine rings is 1. The van der Waals surface area contributed by atoms with Crippen molar-refractivity contribution in [1.29, 1.82) is 0 Å². The standard InChI is InChI=1S/C18H24N4O.C2HF3O2/c1-11(2)22-16-6-4-3-5-15(16)17(21-22)18(23)20-14-9-12-7-8-13(10-14)19-12;3-2(4,5)1(6)7/h3-6,11-14,19H,7-10H2,1-2H3,(H,20,23);(H,6,7)/t12-,13+,14?;. The Balaban J connectivity index is 0.000000318. The molecule has 3 heterocycles. The van der Waals surface area contributed by atoms with Gasteiger partial charge in [0.1, 0.15) is 0 Å². The van der Waals surface area contributed by atoms with Crippen LogP contribution in [0.4, 0.5) is 13.2 Å². The van der Waals surface area contributed by atoms with Crippen molar-refractivity contribution >= 4 is 22.8 Å². The lowest BCUT2D eigenvalue weighted by atomic mass is 9.99. The SMILES string of the molecule is CC(C)n1nc(C(=O)NC2C[C@H]3CC[C@@H](C2)N3)c2ccccc21.O=C(O)C(F)(F)F. The molecule has 164 valence electrons. The van der Waals surface area contributed by atoms with Crippen LogP contribution in [0, 0.1) is 0 Å². The number of carbonyl (C=O) groups excluding carboxylic acids is 1. The zero-order valence-corrected chi connectivity index (χ0v) is 16.7. The predicted octanol–water partition coefficient (Wildman–Crippen LogP) is 3.26. The van der Waals surface area contributed by atoms with Crippen molar-refractivity contribution in [2.75, 3.05) is 0 Å². The molecule has 2 aliphatic rings. The largest absolute Gasteiger partial charge is 0.490 e. The van der Waals surface area contributed by atoms with Crippen LogP contribution in [0.25, 0.3) is 10.9 Å². The number of hydrogen-bond donors (Lipinski definition) is 3. The average Bonchev–Trinajstić information content (AvgIpc) is 3.21. The van der Waals surface area contributed by atoms with Gasteiger partial charge in [0.25, 0.3) is 5.91 Å². The number of carbonyl (C=O) groups is 2. The molecule has 3 atom stereocenters. The molecular formula is C20H25F3N4O3. The number of amides is 1. The van der Waals surface area contributed by atoms with Gasteiger partial charge in [0, 0.05) is 29.6 Å². The predicted molar refractivity (Wildman–Crippen MR) is 104 cm³/mol. The van der Waals surface area contributed by atoms with E-state index >= 15 is 0 Å². The molecule has 2 fully saturated rings. The first-order valence-corrected chi connectivity index (χ1v) is 9.90. The fourth-order valence-corrected chi connectivity index (χ4v) is 4.08. The van der Waals surface area contributed by atoms with Crippen LogP contribution in [0.3, 0.4) is 0 Å². The first kappa shape index (κ1) is 22.1. The van der Waals surface area contributed by atoms with E-state index in [0.717, 1.165) is 23.7 Å². The van der Waals surface area contributed by atoms with Crippen molar-refractivity contribution in [1.82, 2.24) is 20.4 Å².